The maximum absolute atomic E-state index is 12.6. The molecule has 1 amide bonds. The van der Waals surface area contributed by atoms with Gasteiger partial charge in [-0.15, -0.1) is 0 Å². The molecule has 0 radical (unpaired) electrons. The van der Waals surface area contributed by atoms with Crippen LogP contribution in [0.1, 0.15) is 5.82 Å². The molecule has 2 heterocycles. The van der Waals surface area contributed by atoms with Crippen LogP contribution in [0.2, 0.25) is 0 Å². The summed E-state index contributed by atoms with van der Waals surface area (Å²) in [6.45, 7) is 3.92. The Hall–Kier alpha value is -3.38. The number of aromatic nitrogens is 2. The van der Waals surface area contributed by atoms with E-state index in [2.05, 4.69) is 20.9 Å². The van der Waals surface area contributed by atoms with E-state index in [9.17, 15) is 4.79 Å². The molecule has 0 bridgehead atoms. The summed E-state index contributed by atoms with van der Waals surface area (Å²) in [4.78, 5) is 24.8. The highest BCUT2D eigenvalue weighted by atomic mass is 16.5. The number of hydrogen-bond acceptors (Lipinski definition) is 4. The molecule has 6 nitrogen and oxygen atoms in total. The molecular formula is C24H24N4O2. The van der Waals surface area contributed by atoms with E-state index in [1.165, 1.54) is 0 Å². The Balaban J connectivity index is 1.12. The Morgan fingerprint density at radius 2 is 1.70 bits per heavy atom. The van der Waals surface area contributed by atoms with Crippen molar-refractivity contribution in [3.63, 3.8) is 0 Å². The summed E-state index contributed by atoms with van der Waals surface area (Å²) in [5, 5.41) is 2.28. The topological polar surface area (TPSA) is 61.5 Å². The SMILES string of the molecule is O=C(COc1ccc2ccccc2c1)N1CCN(Cc2nc3ccccc3[nH]2)CC1. The minimum atomic E-state index is 0.0338. The number of imidazole rings is 1. The zero-order valence-electron chi connectivity index (χ0n) is 16.8. The zero-order chi connectivity index (χ0) is 20.3. The van der Waals surface area contributed by atoms with Crippen LogP contribution < -0.4 is 4.74 Å². The number of ether oxygens (including phenoxy) is 1. The van der Waals surface area contributed by atoms with Gasteiger partial charge in [-0.05, 0) is 35.0 Å². The third-order valence-corrected chi connectivity index (χ3v) is 5.62. The molecule has 6 heteroatoms. The highest BCUT2D eigenvalue weighted by Gasteiger charge is 2.22. The predicted molar refractivity (Wildman–Crippen MR) is 117 cm³/mol. The lowest BCUT2D eigenvalue weighted by atomic mass is 10.1. The van der Waals surface area contributed by atoms with Gasteiger partial charge in [0.05, 0.1) is 17.6 Å². The Labute approximate surface area is 175 Å². The number of aromatic amines is 1. The minimum absolute atomic E-state index is 0.0338. The summed E-state index contributed by atoms with van der Waals surface area (Å²) in [6, 6.07) is 22.1. The Bertz CT molecular complexity index is 1140. The first-order valence-corrected chi connectivity index (χ1v) is 10.3. The number of hydrogen-bond donors (Lipinski definition) is 1. The second-order valence-electron chi connectivity index (χ2n) is 7.66. The quantitative estimate of drug-likeness (QED) is 0.558. The number of fused-ring (bicyclic) bond motifs is 2. The molecule has 1 aliphatic heterocycles. The maximum atomic E-state index is 12.6. The van der Waals surface area contributed by atoms with Crippen LogP contribution in [-0.2, 0) is 11.3 Å². The minimum Gasteiger partial charge on any atom is -0.484 e. The van der Waals surface area contributed by atoms with Crippen LogP contribution in [0.4, 0.5) is 0 Å². The maximum Gasteiger partial charge on any atom is 0.260 e. The van der Waals surface area contributed by atoms with Crippen LogP contribution in [0.15, 0.2) is 66.7 Å². The van der Waals surface area contributed by atoms with E-state index < -0.39 is 0 Å². The van der Waals surface area contributed by atoms with Gasteiger partial charge in [0.25, 0.3) is 5.91 Å². The van der Waals surface area contributed by atoms with Gasteiger partial charge in [0.2, 0.25) is 0 Å². The Morgan fingerprint density at radius 3 is 2.53 bits per heavy atom. The molecule has 0 unspecified atom stereocenters. The number of benzene rings is 3. The first kappa shape index (κ1) is 18.6. The average Bonchev–Trinajstić information content (AvgIpc) is 3.20. The summed E-state index contributed by atoms with van der Waals surface area (Å²) in [5.41, 5.74) is 2.05. The fourth-order valence-electron chi connectivity index (χ4n) is 3.94. The van der Waals surface area contributed by atoms with Gasteiger partial charge in [0.15, 0.2) is 6.61 Å². The van der Waals surface area contributed by atoms with Crippen molar-refractivity contribution >= 4 is 27.7 Å². The summed E-state index contributed by atoms with van der Waals surface area (Å²) in [7, 11) is 0. The third kappa shape index (κ3) is 4.00. The highest BCUT2D eigenvalue weighted by Crippen LogP contribution is 2.20. The molecule has 1 saturated heterocycles. The van der Waals surface area contributed by atoms with Gasteiger partial charge in [-0.2, -0.15) is 0 Å². The highest BCUT2D eigenvalue weighted by molar-refractivity contribution is 5.84. The van der Waals surface area contributed by atoms with Gasteiger partial charge in [-0.25, -0.2) is 4.98 Å². The van der Waals surface area contributed by atoms with Crippen molar-refractivity contribution in [2.24, 2.45) is 0 Å². The molecule has 3 aromatic carbocycles. The molecule has 5 rings (SSSR count). The van der Waals surface area contributed by atoms with E-state index >= 15 is 0 Å². The lowest BCUT2D eigenvalue weighted by Gasteiger charge is -2.34. The first-order valence-electron chi connectivity index (χ1n) is 10.3. The van der Waals surface area contributed by atoms with E-state index in [4.69, 9.17) is 4.74 Å². The number of amides is 1. The van der Waals surface area contributed by atoms with Gasteiger partial charge in [0.1, 0.15) is 11.6 Å². The predicted octanol–water partition coefficient (Wildman–Crippen LogP) is 3.44. The van der Waals surface area contributed by atoms with Crippen LogP contribution in [0.25, 0.3) is 21.8 Å². The number of piperazine rings is 1. The van der Waals surface area contributed by atoms with Crippen molar-refractivity contribution in [2.75, 3.05) is 32.8 Å². The van der Waals surface area contributed by atoms with E-state index in [0.717, 1.165) is 53.0 Å². The second kappa shape index (κ2) is 8.16. The van der Waals surface area contributed by atoms with Crippen molar-refractivity contribution in [1.29, 1.82) is 0 Å². The standard InChI is InChI=1S/C24H24N4O2/c29-24(17-30-20-10-9-18-5-1-2-6-19(18)15-20)28-13-11-27(12-14-28)16-23-25-21-7-3-4-8-22(21)26-23/h1-10,15H,11-14,16-17H2,(H,25,26). The monoisotopic (exact) mass is 400 g/mol. The number of H-pyrrole nitrogens is 1. The van der Waals surface area contributed by atoms with Gasteiger partial charge in [-0.1, -0.05) is 42.5 Å². The van der Waals surface area contributed by atoms with Gasteiger partial charge in [-0.3, -0.25) is 9.69 Å². The first-order chi connectivity index (χ1) is 14.7. The summed E-state index contributed by atoms with van der Waals surface area (Å²) in [6.07, 6.45) is 0. The molecule has 1 fully saturated rings. The molecule has 0 aliphatic carbocycles. The number of carbonyl (C=O) groups excluding carboxylic acids is 1. The summed E-state index contributed by atoms with van der Waals surface area (Å²) in [5.74, 6) is 1.73. The van der Waals surface area contributed by atoms with Crippen molar-refractivity contribution in [3.05, 3.63) is 72.6 Å². The molecule has 1 N–H and O–H groups in total. The molecule has 4 aromatic rings. The number of para-hydroxylation sites is 2. The molecule has 30 heavy (non-hydrogen) atoms. The van der Waals surface area contributed by atoms with Crippen LogP contribution in [0.3, 0.4) is 0 Å². The van der Waals surface area contributed by atoms with Crippen LogP contribution in [0.5, 0.6) is 5.75 Å². The molecule has 1 aliphatic rings. The lowest BCUT2D eigenvalue weighted by Crippen LogP contribution is -2.49. The fourth-order valence-corrected chi connectivity index (χ4v) is 3.94. The Kier molecular flexibility index (Phi) is 5.07. The van der Waals surface area contributed by atoms with Crippen LogP contribution in [-0.4, -0.2) is 58.5 Å². The van der Waals surface area contributed by atoms with E-state index in [0.29, 0.717) is 13.1 Å². The summed E-state index contributed by atoms with van der Waals surface area (Å²) >= 11 is 0. The number of nitrogens with zero attached hydrogens (tertiary/aromatic N) is 3. The van der Waals surface area contributed by atoms with Gasteiger partial charge < -0.3 is 14.6 Å². The van der Waals surface area contributed by atoms with Gasteiger partial charge >= 0.3 is 0 Å². The third-order valence-electron chi connectivity index (χ3n) is 5.62. The van der Waals surface area contributed by atoms with Crippen LogP contribution in [0, 0.1) is 0 Å². The Morgan fingerprint density at radius 1 is 0.933 bits per heavy atom. The summed E-state index contributed by atoms with van der Waals surface area (Å²) < 4.78 is 5.77. The smallest absolute Gasteiger partial charge is 0.260 e. The lowest BCUT2D eigenvalue weighted by molar-refractivity contribution is -0.135. The van der Waals surface area contributed by atoms with Crippen LogP contribution >= 0.6 is 0 Å². The largest absolute Gasteiger partial charge is 0.484 e. The molecule has 1 aromatic heterocycles. The van der Waals surface area contributed by atoms with Crippen molar-refractivity contribution < 1.29 is 9.53 Å². The number of carbonyl (C=O) groups is 1. The van der Waals surface area contributed by atoms with Crippen molar-refractivity contribution in [1.82, 2.24) is 19.8 Å². The number of nitrogens with one attached hydrogen (secondary N) is 1. The fraction of sp³-hybridized carbons (Fsp3) is 0.250. The second-order valence-corrected chi connectivity index (χ2v) is 7.66. The number of rotatable bonds is 5. The molecule has 0 atom stereocenters. The molecular weight excluding hydrogens is 376 g/mol. The van der Waals surface area contributed by atoms with Crippen molar-refractivity contribution in [3.8, 4) is 5.75 Å². The molecule has 152 valence electrons. The van der Waals surface area contributed by atoms with Gasteiger partial charge in [0, 0.05) is 26.2 Å². The normalized spacial score (nSPS) is 15.0. The molecule has 0 spiro atoms. The van der Waals surface area contributed by atoms with E-state index in [1.54, 1.807) is 0 Å². The van der Waals surface area contributed by atoms with Crippen molar-refractivity contribution in [2.45, 2.75) is 6.54 Å². The van der Waals surface area contributed by atoms with E-state index in [1.807, 2.05) is 65.6 Å². The molecule has 0 saturated carbocycles. The average molecular weight is 400 g/mol. The zero-order valence-corrected chi connectivity index (χ0v) is 16.8. The van der Waals surface area contributed by atoms with E-state index in [-0.39, 0.29) is 12.5 Å².